The van der Waals surface area contributed by atoms with E-state index >= 15 is 0 Å². The molecule has 0 aromatic heterocycles. The van der Waals surface area contributed by atoms with Crippen LogP contribution in [0, 0.1) is 0 Å². The molecular formula is C41H61AlN2O3. The van der Waals surface area contributed by atoms with E-state index in [9.17, 15) is 0 Å². The van der Waals surface area contributed by atoms with Crippen LogP contribution in [-0.4, -0.2) is 52.1 Å². The van der Waals surface area contributed by atoms with E-state index in [0.717, 1.165) is 43.2 Å². The second-order valence-corrected chi connectivity index (χ2v) is 19.2. The highest BCUT2D eigenvalue weighted by atomic mass is 27.3. The van der Waals surface area contributed by atoms with Crippen molar-refractivity contribution in [2.45, 2.75) is 124 Å². The Morgan fingerprint density at radius 1 is 0.660 bits per heavy atom. The zero-order chi connectivity index (χ0) is 34.9. The summed E-state index contributed by atoms with van der Waals surface area (Å²) in [5.41, 5.74) is 8.28. The van der Waals surface area contributed by atoms with Crippen LogP contribution in [0.15, 0.2) is 54.6 Å². The van der Waals surface area contributed by atoms with Crippen LogP contribution < -0.4 is 7.58 Å². The van der Waals surface area contributed by atoms with E-state index in [0.29, 0.717) is 6.61 Å². The molecule has 0 atom stereocenters. The molecule has 0 bridgehead atoms. The van der Waals surface area contributed by atoms with Gasteiger partial charge in [-0.05, 0) is 63.6 Å². The molecule has 0 radical (unpaired) electrons. The number of rotatable bonds is 6. The van der Waals surface area contributed by atoms with Crippen LogP contribution in [0.4, 0.5) is 0 Å². The van der Waals surface area contributed by atoms with Gasteiger partial charge in [-0.3, -0.25) is 4.90 Å². The van der Waals surface area contributed by atoms with Crippen LogP contribution in [0.1, 0.15) is 122 Å². The van der Waals surface area contributed by atoms with Gasteiger partial charge in [0.25, 0.3) is 0 Å². The van der Waals surface area contributed by atoms with Crippen molar-refractivity contribution in [3.63, 3.8) is 0 Å². The second kappa shape index (κ2) is 14.3. The molecule has 3 aromatic rings. The molecule has 6 heteroatoms. The summed E-state index contributed by atoms with van der Waals surface area (Å²) in [6.45, 7) is 31.4. The summed E-state index contributed by atoms with van der Waals surface area (Å²) in [6, 6.07) is 19.8. The molecule has 0 unspecified atom stereocenters. The van der Waals surface area contributed by atoms with E-state index in [1.165, 1.54) is 33.4 Å². The Morgan fingerprint density at radius 3 is 1.49 bits per heavy atom. The van der Waals surface area contributed by atoms with Gasteiger partial charge in [-0.15, -0.1) is 0 Å². The molecule has 3 aromatic carbocycles. The third kappa shape index (κ3) is 9.87. The van der Waals surface area contributed by atoms with Crippen LogP contribution in [-0.2, 0) is 45.1 Å². The first kappa shape index (κ1) is 37.5. The minimum absolute atomic E-state index is 0.00816. The lowest BCUT2D eigenvalue weighted by Crippen LogP contribution is -2.39. The number of hydrogen-bond acceptors (Lipinski definition) is 5. The Balaban J connectivity index is 1.99. The summed E-state index contributed by atoms with van der Waals surface area (Å²) in [7, 11) is 4.31. The Kier molecular flexibility index (Phi) is 11.4. The lowest BCUT2D eigenvalue weighted by molar-refractivity contribution is 0.178. The third-order valence-corrected chi connectivity index (χ3v) is 10.3. The van der Waals surface area contributed by atoms with Gasteiger partial charge in [0.05, 0.1) is 11.5 Å². The van der Waals surface area contributed by atoms with Crippen LogP contribution in [0.5, 0.6) is 11.5 Å². The minimum Gasteiger partial charge on any atom is -0.588 e. The smallest absolute Gasteiger partial charge is 0.588 e. The molecule has 1 aliphatic rings. The number of benzene rings is 3. The van der Waals surface area contributed by atoms with Crippen LogP contribution >= 0.6 is 0 Å². The van der Waals surface area contributed by atoms with Gasteiger partial charge in [-0.2, -0.15) is 0 Å². The monoisotopic (exact) mass is 656 g/mol. The lowest BCUT2D eigenvalue weighted by atomic mass is 9.78. The van der Waals surface area contributed by atoms with Crippen molar-refractivity contribution < 1.29 is 11.4 Å². The molecule has 47 heavy (non-hydrogen) atoms. The van der Waals surface area contributed by atoms with Gasteiger partial charge in [0.15, 0.2) is 0 Å². The summed E-state index contributed by atoms with van der Waals surface area (Å²) in [4.78, 5) is 4.85. The summed E-state index contributed by atoms with van der Waals surface area (Å²) >= 11 is -2.79. The molecule has 4 rings (SSSR count). The van der Waals surface area contributed by atoms with Gasteiger partial charge in [0.2, 0.25) is 0 Å². The highest BCUT2D eigenvalue weighted by molar-refractivity contribution is 6.38. The van der Waals surface area contributed by atoms with E-state index in [-0.39, 0.29) is 21.7 Å². The van der Waals surface area contributed by atoms with Crippen LogP contribution in [0.25, 0.3) is 0 Å². The Labute approximate surface area is 292 Å². The average molecular weight is 657 g/mol. The topological polar surface area (TPSA) is 34.2 Å². The summed E-state index contributed by atoms with van der Waals surface area (Å²) < 4.78 is 21.1. The van der Waals surface area contributed by atoms with Crippen molar-refractivity contribution >= 4 is 15.1 Å². The largest absolute Gasteiger partial charge is 1.10 e. The second-order valence-electron chi connectivity index (χ2n) is 17.9. The fourth-order valence-corrected chi connectivity index (χ4v) is 7.39. The molecular weight excluding hydrogens is 595 g/mol. The standard InChI is InChI=1S/C34H56N2O2.C7H7O.Al/c1-31(2,3)25-17-23(29(37)27(19-25)33(7,8)9)21-36(16-15-35(13)14)22-24-18-26(32(4,5)6)20-28(30(24)38)34(10,11)12;8-6-7-4-2-1-3-5-7;/h17-20,37-38H,15-16,21-22H2,1-14H3;1-5H,6H2;/q;-1;+3/p-2. The van der Waals surface area contributed by atoms with Crippen molar-refractivity contribution in [3.8, 4) is 11.5 Å². The first-order valence-corrected chi connectivity index (χ1v) is 18.8. The highest BCUT2D eigenvalue weighted by Crippen LogP contribution is 2.43. The Morgan fingerprint density at radius 2 is 1.11 bits per heavy atom. The zero-order valence-corrected chi connectivity index (χ0v) is 33.1. The fourth-order valence-electron chi connectivity index (χ4n) is 5.93. The van der Waals surface area contributed by atoms with E-state index in [4.69, 9.17) is 11.4 Å². The fraction of sp³-hybridized carbons (Fsp3) is 0.561. The molecule has 1 heterocycles. The van der Waals surface area contributed by atoms with Crippen LogP contribution in [0.2, 0.25) is 0 Å². The third-order valence-electron chi connectivity index (χ3n) is 8.99. The summed E-state index contributed by atoms with van der Waals surface area (Å²) in [6.07, 6.45) is 0. The van der Waals surface area contributed by atoms with Gasteiger partial charge in [0, 0.05) is 43.9 Å². The quantitative estimate of drug-likeness (QED) is 0.247. The van der Waals surface area contributed by atoms with E-state index in [2.05, 4.69) is 156 Å². The molecule has 1 aliphatic heterocycles. The molecule has 0 spiro atoms. The van der Waals surface area contributed by atoms with Crippen LogP contribution in [0.3, 0.4) is 0 Å². The molecule has 0 aliphatic carbocycles. The first-order valence-electron chi connectivity index (χ1n) is 17.3. The predicted octanol–water partition coefficient (Wildman–Crippen LogP) is 9.41. The maximum atomic E-state index is 7.17. The van der Waals surface area contributed by atoms with E-state index in [1.54, 1.807) is 0 Å². The van der Waals surface area contributed by atoms with Crippen molar-refractivity contribution in [1.82, 2.24) is 9.80 Å². The zero-order valence-electron chi connectivity index (χ0n) is 31.9. The highest BCUT2D eigenvalue weighted by Gasteiger charge is 2.44. The van der Waals surface area contributed by atoms with Crippen molar-refractivity contribution in [3.05, 3.63) is 93.5 Å². The number of likely N-dealkylation sites (N-methyl/N-ethyl adjacent to an activating group) is 1. The van der Waals surface area contributed by atoms with Gasteiger partial charge in [-0.25, -0.2) is 0 Å². The lowest BCUT2D eigenvalue weighted by Gasteiger charge is -2.36. The van der Waals surface area contributed by atoms with Gasteiger partial charge in [-0.1, -0.05) is 138 Å². The maximum absolute atomic E-state index is 7.17. The molecule has 0 fully saturated rings. The van der Waals surface area contributed by atoms with Gasteiger partial charge >= 0.3 is 15.1 Å². The molecule has 0 saturated carbocycles. The number of hydrogen-bond donors (Lipinski definition) is 0. The van der Waals surface area contributed by atoms with Crippen molar-refractivity contribution in [1.29, 1.82) is 0 Å². The SMILES string of the molecule is CN(C)CCN1Cc2cc(C(C)(C)C)cc(C(C)(C)C)c2[O][Al]([O]Cc2ccccc2)[O]c2c(cc(C(C)(C)C)cc2C(C)(C)C)C1. The molecule has 5 nitrogen and oxygen atoms in total. The van der Waals surface area contributed by atoms with E-state index in [1.807, 2.05) is 6.07 Å². The Bertz CT molecular complexity index is 1420. The Hall–Kier alpha value is -2.33. The summed E-state index contributed by atoms with van der Waals surface area (Å²) in [5, 5.41) is 0. The van der Waals surface area contributed by atoms with Crippen molar-refractivity contribution in [2.24, 2.45) is 0 Å². The number of fused-ring (bicyclic) bond motifs is 2. The van der Waals surface area contributed by atoms with Gasteiger partial charge in [0.1, 0.15) is 0 Å². The predicted molar refractivity (Wildman–Crippen MR) is 199 cm³/mol. The number of nitrogens with zero attached hydrogens (tertiary/aromatic N) is 2. The molecule has 0 amide bonds. The minimum atomic E-state index is -2.79. The molecule has 0 N–H and O–H groups in total. The summed E-state index contributed by atoms with van der Waals surface area (Å²) in [5.74, 6) is 1.86. The molecule has 0 saturated heterocycles. The average Bonchev–Trinajstić information content (AvgIpc) is 2.94. The van der Waals surface area contributed by atoms with Gasteiger partial charge < -0.3 is 16.3 Å². The first-order chi connectivity index (χ1) is 21.6. The van der Waals surface area contributed by atoms with E-state index < -0.39 is 15.1 Å². The molecule has 256 valence electrons. The van der Waals surface area contributed by atoms with Crippen molar-refractivity contribution in [2.75, 3.05) is 27.2 Å². The normalized spacial score (nSPS) is 15.2. The maximum Gasteiger partial charge on any atom is 1.10 e.